The Labute approximate surface area is 460 Å². The molecule has 5 N–H and O–H groups in total. The van der Waals surface area contributed by atoms with E-state index in [9.17, 15) is 35.5 Å². The number of amides is 2. The first-order valence-corrected chi connectivity index (χ1v) is 31.2. The van der Waals surface area contributed by atoms with E-state index in [-0.39, 0.29) is 73.0 Å². The molecule has 17 heteroatoms. The summed E-state index contributed by atoms with van der Waals surface area (Å²) in [4.78, 5) is 30.6. The number of carbonyl (C=O) groups is 2. The largest absolute Gasteiger partial charge is 0.449 e. The maximum Gasteiger partial charge on any atom is 0.407 e. The third kappa shape index (κ3) is 14.4. The summed E-state index contributed by atoms with van der Waals surface area (Å²) in [6.45, 7) is 11.6. The molecule has 0 spiro atoms. The van der Waals surface area contributed by atoms with Gasteiger partial charge in [-0.2, -0.15) is 16.8 Å². The average molecular weight is 1110 g/mol. The van der Waals surface area contributed by atoms with Gasteiger partial charge >= 0.3 is 6.09 Å². The molecule has 0 fully saturated rings. The van der Waals surface area contributed by atoms with Crippen molar-refractivity contribution in [3.05, 3.63) is 165 Å². The number of allylic oxidation sites excluding steroid dienone is 6. The first kappa shape index (κ1) is 57.6. The van der Waals surface area contributed by atoms with Crippen molar-refractivity contribution in [3.8, 4) is 11.1 Å². The number of nitrogens with one attached hydrogen (secondary N) is 3. The topological polar surface area (TPSA) is 193 Å². The number of benzene rings is 4. The Morgan fingerprint density at radius 3 is 2.09 bits per heavy atom. The van der Waals surface area contributed by atoms with Gasteiger partial charge in [0.2, 0.25) is 5.91 Å². The first-order valence-electron chi connectivity index (χ1n) is 27.0. The number of nitrogens with zero attached hydrogens (tertiary/aromatic N) is 1. The van der Waals surface area contributed by atoms with Gasteiger partial charge in [-0.05, 0) is 122 Å². The molecule has 0 saturated carbocycles. The highest BCUT2D eigenvalue weighted by Crippen LogP contribution is 2.49. The van der Waals surface area contributed by atoms with Crippen LogP contribution in [0.1, 0.15) is 107 Å². The predicted molar refractivity (Wildman–Crippen MR) is 307 cm³/mol. The lowest BCUT2D eigenvalue weighted by Gasteiger charge is -2.28. The van der Waals surface area contributed by atoms with E-state index in [4.69, 9.17) is 9.47 Å². The molecule has 14 nitrogen and oxygen atoms in total. The molecular weight excluding hydrogens is 1030 g/mol. The van der Waals surface area contributed by atoms with Crippen LogP contribution in [0.2, 0.25) is 0 Å². The van der Waals surface area contributed by atoms with Crippen LogP contribution in [0, 0.1) is 0 Å². The van der Waals surface area contributed by atoms with Gasteiger partial charge in [0, 0.05) is 65.0 Å². The summed E-state index contributed by atoms with van der Waals surface area (Å²) in [5.74, 6) is -0.128. The van der Waals surface area contributed by atoms with Gasteiger partial charge in [-0.3, -0.25) is 18.8 Å². The summed E-state index contributed by atoms with van der Waals surface area (Å²) in [5.41, 5.74) is 12.2. The maximum absolute atomic E-state index is 13.3. The molecule has 8 rings (SSSR count). The van der Waals surface area contributed by atoms with Gasteiger partial charge in [0.05, 0.1) is 36.7 Å². The number of rotatable bonds is 25. The summed E-state index contributed by atoms with van der Waals surface area (Å²) in [7, 11) is -8.12. The number of alkyl carbamates (subject to hydrolysis) is 1. The Balaban J connectivity index is 0.918. The summed E-state index contributed by atoms with van der Waals surface area (Å²) in [6.07, 6.45) is 13.3. The number of anilines is 1. The number of unbranched alkanes of at least 4 members (excludes halogenated alkanes) is 2. The highest BCUT2D eigenvalue weighted by molar-refractivity contribution is 8.03. The van der Waals surface area contributed by atoms with Crippen LogP contribution in [-0.4, -0.2) is 107 Å². The Bertz CT molecular complexity index is 3080. The van der Waals surface area contributed by atoms with Crippen molar-refractivity contribution in [2.24, 2.45) is 0 Å². The molecule has 412 valence electrons. The molecule has 2 atom stereocenters. The summed E-state index contributed by atoms with van der Waals surface area (Å²) in [6, 6.07) is 33.2. The minimum atomic E-state index is -4.07. The van der Waals surface area contributed by atoms with E-state index in [2.05, 4.69) is 122 Å². The van der Waals surface area contributed by atoms with Crippen molar-refractivity contribution in [2.45, 2.75) is 102 Å². The summed E-state index contributed by atoms with van der Waals surface area (Å²) in [5, 5.41) is 5.76. The van der Waals surface area contributed by atoms with Gasteiger partial charge in [0.15, 0.2) is 0 Å². The molecule has 77 heavy (non-hydrogen) atoms. The van der Waals surface area contributed by atoms with Gasteiger partial charge in [-0.1, -0.05) is 111 Å². The fourth-order valence-electron chi connectivity index (χ4n) is 11.7. The smallest absolute Gasteiger partial charge is 0.407 e. The van der Waals surface area contributed by atoms with Crippen LogP contribution in [0.5, 0.6) is 0 Å². The van der Waals surface area contributed by atoms with Gasteiger partial charge in [0.1, 0.15) is 18.3 Å². The molecule has 0 radical (unpaired) electrons. The van der Waals surface area contributed by atoms with Crippen molar-refractivity contribution in [2.75, 3.05) is 68.2 Å². The Morgan fingerprint density at radius 2 is 1.39 bits per heavy atom. The number of hydrogen-bond donors (Lipinski definition) is 5. The van der Waals surface area contributed by atoms with Crippen LogP contribution < -0.4 is 20.4 Å². The van der Waals surface area contributed by atoms with Crippen LogP contribution in [0.15, 0.2) is 143 Å². The molecular formula is C60H75N4O10S3+. The van der Waals surface area contributed by atoms with E-state index in [0.29, 0.717) is 51.1 Å². The number of carbonyl (C=O) groups excluding carboxylic acids is 2. The lowest BCUT2D eigenvalue weighted by molar-refractivity contribution is -0.850. The van der Waals surface area contributed by atoms with Crippen molar-refractivity contribution < 1.29 is 49.9 Å². The minimum Gasteiger partial charge on any atom is -0.449 e. The van der Waals surface area contributed by atoms with Crippen molar-refractivity contribution >= 4 is 55.4 Å². The maximum atomic E-state index is 13.3. The van der Waals surface area contributed by atoms with Crippen molar-refractivity contribution in [1.29, 1.82) is 0 Å². The molecule has 0 bridgehead atoms. The number of quaternary nitrogens is 1. The average Bonchev–Trinajstić information content (AvgIpc) is 3.94. The quantitative estimate of drug-likeness (QED) is 0.0312. The number of para-hydroxylation sites is 2. The highest BCUT2D eigenvalue weighted by atomic mass is 32.2. The Morgan fingerprint density at radius 1 is 0.766 bits per heavy atom. The van der Waals surface area contributed by atoms with E-state index in [0.717, 1.165) is 46.7 Å². The Kier molecular flexibility index (Phi) is 19.1. The molecule has 4 aliphatic rings. The third-order valence-corrected chi connectivity index (χ3v) is 18.3. The number of thioether (sulfide) groups is 1. The molecule has 2 aliphatic heterocycles. The molecule has 0 saturated heterocycles. The van der Waals surface area contributed by atoms with E-state index in [1.54, 1.807) is 11.8 Å². The lowest BCUT2D eigenvalue weighted by atomic mass is 9.80. The lowest BCUT2D eigenvalue weighted by Crippen LogP contribution is -3.10. The van der Waals surface area contributed by atoms with Crippen molar-refractivity contribution in [3.63, 3.8) is 0 Å². The molecule has 2 amide bonds. The molecule has 0 aromatic heterocycles. The molecule has 4 aromatic rings. The van der Waals surface area contributed by atoms with Gasteiger partial charge < -0.3 is 25.0 Å². The minimum absolute atomic E-state index is 0.0259. The third-order valence-electron chi connectivity index (χ3n) is 15.5. The van der Waals surface area contributed by atoms with E-state index in [1.807, 2.05) is 42.5 Å². The second-order valence-electron chi connectivity index (χ2n) is 21.4. The highest BCUT2D eigenvalue weighted by Gasteiger charge is 2.47. The molecule has 2 aliphatic carbocycles. The monoisotopic (exact) mass is 1110 g/mol. The second kappa shape index (κ2) is 25.5. The zero-order valence-electron chi connectivity index (χ0n) is 44.8. The number of ether oxygens (including phenoxy) is 2. The normalized spacial score (nSPS) is 19.6. The van der Waals surface area contributed by atoms with Gasteiger partial charge in [-0.25, -0.2) is 4.79 Å². The molecule has 2 heterocycles. The second-order valence-corrected chi connectivity index (χ2v) is 25.7. The fourth-order valence-corrected chi connectivity index (χ4v) is 14.0. The molecule has 2 unspecified atom stereocenters. The summed E-state index contributed by atoms with van der Waals surface area (Å²) >= 11 is 1.68. The number of hydrogen-bond acceptors (Lipinski definition) is 10. The number of fused-ring (bicyclic) bond motifs is 5. The van der Waals surface area contributed by atoms with Crippen LogP contribution in [0.3, 0.4) is 0 Å². The predicted octanol–water partition coefficient (Wildman–Crippen LogP) is 9.60. The van der Waals surface area contributed by atoms with Gasteiger partial charge in [-0.15, -0.1) is 11.8 Å². The van der Waals surface area contributed by atoms with Crippen molar-refractivity contribution in [1.82, 2.24) is 10.6 Å². The van der Waals surface area contributed by atoms with Gasteiger partial charge in [0.25, 0.3) is 20.2 Å². The fraction of sp³-hybridized carbons (Fsp3) is 0.433. The van der Waals surface area contributed by atoms with E-state index in [1.165, 1.54) is 44.0 Å². The van der Waals surface area contributed by atoms with E-state index >= 15 is 0 Å². The standard InChI is InChI=1S/C60H74N4O10S3/c1-59(2)50-24-9-11-26-52(50)63(35-13-15-40-76(67,68)69)54(59)30-28-43-18-17-19-44(29-31-55-60(3,4)51-25-10-12-27-53(51)64(55)36-14-16-41-77(70,71)72)57(43)75-39-32-56(65)61-33-37-73-38-34-62-58(66)74-42-49-47-22-7-5-20-45(47)46-21-6-8-23-48(46)49/h5-12,20-31,49,54H,13-19,32-42H2,1-4H3,(H,61,65)(H,62,66)(H,67,68,69)(H,70,71,72)/p+1. The van der Waals surface area contributed by atoms with Crippen LogP contribution in [0.25, 0.3) is 11.1 Å². The SMILES string of the molecule is CC1(C)C(=CC=C2CCCC(C=CC3[NH+](CCCCS(=O)(=O)O)c4ccccc4C3(C)C)=C2SCCC(=O)NCCOCCNC(=O)OCC2c3ccccc3-c3ccccc32)N(CCCCS(=O)(=O)O)c2ccccc21. The zero-order chi connectivity index (χ0) is 54.8. The van der Waals surface area contributed by atoms with Crippen LogP contribution in [0.4, 0.5) is 16.2 Å². The van der Waals surface area contributed by atoms with Crippen LogP contribution >= 0.6 is 11.8 Å². The zero-order valence-corrected chi connectivity index (χ0v) is 47.2. The first-order chi connectivity index (χ1) is 36.8. The molecule has 4 aromatic carbocycles. The summed E-state index contributed by atoms with van der Waals surface area (Å²) < 4.78 is 76.6. The Hall–Kier alpha value is -5.53. The van der Waals surface area contributed by atoms with E-state index < -0.39 is 26.3 Å². The van der Waals surface area contributed by atoms with Crippen LogP contribution in [-0.2, 0) is 45.3 Å².